The third-order valence-corrected chi connectivity index (χ3v) is 1.89. The highest BCUT2D eigenvalue weighted by Crippen LogP contribution is 2.20. The number of nitrogens with two attached hydrogens (primary N) is 1. The van der Waals surface area contributed by atoms with Crippen molar-refractivity contribution in [1.29, 1.82) is 0 Å². The van der Waals surface area contributed by atoms with Gasteiger partial charge in [0.15, 0.2) is 0 Å². The Bertz CT molecular complexity index is 273. The van der Waals surface area contributed by atoms with Gasteiger partial charge in [0.05, 0.1) is 0 Å². The zero-order chi connectivity index (χ0) is 10.6. The number of aromatic nitrogens is 3. The summed E-state index contributed by atoms with van der Waals surface area (Å²) >= 11 is 0. The molecule has 5 heteroatoms. The number of nitrogens with zero attached hydrogens (tertiary/aromatic N) is 2. The summed E-state index contributed by atoms with van der Waals surface area (Å²) in [7, 11) is 0. The number of anilines is 2. The monoisotopic (exact) mass is 197 g/mol. The van der Waals surface area contributed by atoms with Crippen LogP contribution in [-0.4, -0.2) is 21.7 Å². The molecule has 0 unspecified atom stereocenters. The number of hydrogen-bond donors (Lipinski definition) is 3. The smallest absolute Gasteiger partial charge is 0.243 e. The second-order valence-electron chi connectivity index (χ2n) is 4.64. The van der Waals surface area contributed by atoms with E-state index in [0.717, 1.165) is 13.0 Å². The fourth-order valence-corrected chi connectivity index (χ4v) is 1.17. The maximum atomic E-state index is 5.38. The first-order valence-electron chi connectivity index (χ1n) is 4.89. The minimum absolute atomic E-state index is 0.350. The Balaban J connectivity index is 2.16. The molecule has 1 heterocycles. The first kappa shape index (κ1) is 10.8. The van der Waals surface area contributed by atoms with Crippen molar-refractivity contribution in [3.05, 3.63) is 0 Å². The Morgan fingerprint density at radius 2 is 2.14 bits per heavy atom. The van der Waals surface area contributed by atoms with Crippen molar-refractivity contribution >= 4 is 11.9 Å². The quantitative estimate of drug-likeness (QED) is 0.641. The maximum absolute atomic E-state index is 5.38. The fraction of sp³-hybridized carbons (Fsp3) is 0.778. The van der Waals surface area contributed by atoms with Crippen LogP contribution in [0.3, 0.4) is 0 Å². The van der Waals surface area contributed by atoms with Gasteiger partial charge in [-0.05, 0) is 18.3 Å². The van der Waals surface area contributed by atoms with Gasteiger partial charge in [-0.1, -0.05) is 20.8 Å². The van der Waals surface area contributed by atoms with Gasteiger partial charge in [-0.15, -0.1) is 5.10 Å². The second-order valence-corrected chi connectivity index (χ2v) is 4.64. The second kappa shape index (κ2) is 4.30. The summed E-state index contributed by atoms with van der Waals surface area (Å²) in [6.45, 7) is 7.59. The third kappa shape index (κ3) is 4.11. The zero-order valence-corrected chi connectivity index (χ0v) is 9.09. The highest BCUT2D eigenvalue weighted by atomic mass is 15.3. The van der Waals surface area contributed by atoms with Crippen LogP contribution in [0.15, 0.2) is 0 Å². The van der Waals surface area contributed by atoms with E-state index in [1.54, 1.807) is 0 Å². The molecule has 5 nitrogen and oxygen atoms in total. The minimum Gasteiger partial charge on any atom is -0.368 e. The van der Waals surface area contributed by atoms with Crippen molar-refractivity contribution in [2.75, 3.05) is 17.6 Å². The summed E-state index contributed by atoms with van der Waals surface area (Å²) in [5, 5.41) is 9.56. The normalized spacial score (nSPS) is 11.6. The summed E-state index contributed by atoms with van der Waals surface area (Å²) in [6.07, 6.45) is 2.29. The van der Waals surface area contributed by atoms with Gasteiger partial charge in [0.2, 0.25) is 11.9 Å². The van der Waals surface area contributed by atoms with Crippen LogP contribution < -0.4 is 11.1 Å². The largest absolute Gasteiger partial charge is 0.368 e. The molecule has 0 bridgehead atoms. The van der Waals surface area contributed by atoms with Crippen molar-refractivity contribution in [3.8, 4) is 0 Å². The van der Waals surface area contributed by atoms with Crippen LogP contribution in [0.1, 0.15) is 33.6 Å². The van der Waals surface area contributed by atoms with E-state index in [1.165, 1.54) is 6.42 Å². The van der Waals surface area contributed by atoms with E-state index in [0.29, 0.717) is 17.3 Å². The number of nitrogens with one attached hydrogen (secondary N) is 2. The van der Waals surface area contributed by atoms with Gasteiger partial charge in [-0.2, -0.15) is 4.98 Å². The van der Waals surface area contributed by atoms with Gasteiger partial charge in [0.1, 0.15) is 0 Å². The molecule has 80 valence electrons. The van der Waals surface area contributed by atoms with Crippen LogP contribution in [0.4, 0.5) is 11.9 Å². The molecule has 0 amide bonds. The SMILES string of the molecule is CC(C)(C)CCCNc1n[nH]c(N)n1. The van der Waals surface area contributed by atoms with Crippen molar-refractivity contribution < 1.29 is 0 Å². The highest BCUT2D eigenvalue weighted by molar-refractivity contribution is 5.29. The Hall–Kier alpha value is -1.26. The van der Waals surface area contributed by atoms with Crippen LogP contribution in [0.2, 0.25) is 0 Å². The molecule has 0 atom stereocenters. The molecular formula is C9H19N5. The maximum Gasteiger partial charge on any atom is 0.243 e. The number of rotatable bonds is 4. The van der Waals surface area contributed by atoms with E-state index < -0.39 is 0 Å². The summed E-state index contributed by atoms with van der Waals surface area (Å²) in [5.74, 6) is 0.930. The van der Waals surface area contributed by atoms with Gasteiger partial charge < -0.3 is 11.1 Å². The summed E-state index contributed by atoms with van der Waals surface area (Å²) in [4.78, 5) is 3.94. The molecule has 0 aliphatic carbocycles. The molecule has 1 rings (SSSR count). The molecule has 0 aromatic carbocycles. The van der Waals surface area contributed by atoms with Gasteiger partial charge in [0.25, 0.3) is 0 Å². The van der Waals surface area contributed by atoms with Gasteiger partial charge in [0, 0.05) is 6.54 Å². The third-order valence-electron chi connectivity index (χ3n) is 1.89. The standard InChI is InChI=1S/C9H19N5/c1-9(2,3)5-4-6-11-8-12-7(10)13-14-8/h4-6H2,1-3H3,(H4,10,11,12,13,14). The van der Waals surface area contributed by atoms with E-state index in [1.807, 2.05) is 0 Å². The Labute approximate surface area is 84.5 Å². The molecular weight excluding hydrogens is 178 g/mol. The van der Waals surface area contributed by atoms with Crippen LogP contribution in [0.25, 0.3) is 0 Å². The van der Waals surface area contributed by atoms with Crippen LogP contribution in [0, 0.1) is 5.41 Å². The number of H-pyrrole nitrogens is 1. The molecule has 0 radical (unpaired) electrons. The molecule has 0 saturated carbocycles. The molecule has 0 fully saturated rings. The molecule has 0 saturated heterocycles. The first-order chi connectivity index (χ1) is 6.47. The molecule has 14 heavy (non-hydrogen) atoms. The Morgan fingerprint density at radius 3 is 2.64 bits per heavy atom. The van der Waals surface area contributed by atoms with Crippen LogP contribution in [0.5, 0.6) is 0 Å². The topological polar surface area (TPSA) is 79.6 Å². The average molecular weight is 197 g/mol. The fourth-order valence-electron chi connectivity index (χ4n) is 1.17. The van der Waals surface area contributed by atoms with Gasteiger partial charge in [-0.3, -0.25) is 0 Å². The first-order valence-corrected chi connectivity index (χ1v) is 4.89. The molecule has 0 spiro atoms. The minimum atomic E-state index is 0.350. The van der Waals surface area contributed by atoms with Crippen molar-refractivity contribution in [1.82, 2.24) is 15.2 Å². The molecule has 1 aromatic rings. The van der Waals surface area contributed by atoms with Crippen molar-refractivity contribution in [2.45, 2.75) is 33.6 Å². The van der Waals surface area contributed by atoms with Crippen LogP contribution >= 0.6 is 0 Å². The summed E-state index contributed by atoms with van der Waals surface area (Å²) < 4.78 is 0. The highest BCUT2D eigenvalue weighted by Gasteiger charge is 2.09. The van der Waals surface area contributed by atoms with Gasteiger partial charge in [-0.25, -0.2) is 5.10 Å². The Kier molecular flexibility index (Phi) is 3.33. The zero-order valence-electron chi connectivity index (χ0n) is 9.09. The van der Waals surface area contributed by atoms with Crippen LogP contribution in [-0.2, 0) is 0 Å². The lowest BCUT2D eigenvalue weighted by atomic mass is 9.91. The predicted molar refractivity (Wildman–Crippen MR) is 58.0 cm³/mol. The predicted octanol–water partition coefficient (Wildman–Crippen LogP) is 1.63. The molecule has 0 aliphatic heterocycles. The lowest BCUT2D eigenvalue weighted by molar-refractivity contribution is 0.370. The molecule has 4 N–H and O–H groups in total. The summed E-state index contributed by atoms with van der Waals surface area (Å²) in [6, 6.07) is 0. The lowest BCUT2D eigenvalue weighted by Gasteiger charge is -2.17. The van der Waals surface area contributed by atoms with E-state index in [2.05, 4.69) is 41.3 Å². The summed E-state index contributed by atoms with van der Waals surface area (Å²) in [5.41, 5.74) is 5.77. The van der Waals surface area contributed by atoms with Crippen molar-refractivity contribution in [2.24, 2.45) is 5.41 Å². The number of hydrogen-bond acceptors (Lipinski definition) is 4. The van der Waals surface area contributed by atoms with Crippen molar-refractivity contribution in [3.63, 3.8) is 0 Å². The number of nitrogen functional groups attached to an aromatic ring is 1. The molecule has 1 aromatic heterocycles. The lowest BCUT2D eigenvalue weighted by Crippen LogP contribution is -2.09. The Morgan fingerprint density at radius 1 is 1.43 bits per heavy atom. The molecule has 0 aliphatic rings. The van der Waals surface area contributed by atoms with E-state index in [4.69, 9.17) is 5.73 Å². The van der Waals surface area contributed by atoms with Gasteiger partial charge >= 0.3 is 0 Å². The van der Waals surface area contributed by atoms with E-state index >= 15 is 0 Å². The number of aromatic amines is 1. The van der Waals surface area contributed by atoms with E-state index in [9.17, 15) is 0 Å². The average Bonchev–Trinajstić information content (AvgIpc) is 2.44. The van der Waals surface area contributed by atoms with E-state index in [-0.39, 0.29) is 0 Å².